The van der Waals surface area contributed by atoms with Crippen molar-refractivity contribution in [2.45, 2.75) is 0 Å². The maximum absolute atomic E-state index is 11.2. The van der Waals surface area contributed by atoms with Gasteiger partial charge < -0.3 is 9.26 Å². The standard InChI is InChI=1S/C9H7NO4/c1-13-5-2-3-6-7(4-5)9(12)14-10-8(6)11/h2-4H,1H3,(H,10,11). The molecule has 0 aliphatic heterocycles. The molecule has 72 valence electrons. The molecule has 0 radical (unpaired) electrons. The molecule has 0 saturated carbocycles. The number of H-pyrrole nitrogens is 1. The van der Waals surface area contributed by atoms with Crippen molar-refractivity contribution in [2.75, 3.05) is 7.11 Å². The molecule has 2 aromatic rings. The van der Waals surface area contributed by atoms with Crippen LogP contribution in [-0.2, 0) is 0 Å². The van der Waals surface area contributed by atoms with E-state index < -0.39 is 11.2 Å². The molecule has 0 atom stereocenters. The van der Waals surface area contributed by atoms with Crippen molar-refractivity contribution >= 4 is 10.8 Å². The largest absolute Gasteiger partial charge is 0.497 e. The van der Waals surface area contributed by atoms with Gasteiger partial charge in [-0.2, -0.15) is 5.16 Å². The highest BCUT2D eigenvalue weighted by Gasteiger charge is 2.05. The summed E-state index contributed by atoms with van der Waals surface area (Å²) < 4.78 is 9.35. The lowest BCUT2D eigenvalue weighted by Crippen LogP contribution is -2.13. The number of rotatable bonds is 1. The Morgan fingerprint density at radius 3 is 2.79 bits per heavy atom. The Morgan fingerprint density at radius 1 is 1.29 bits per heavy atom. The Morgan fingerprint density at radius 2 is 2.07 bits per heavy atom. The number of ether oxygens (including phenoxy) is 1. The van der Waals surface area contributed by atoms with Gasteiger partial charge in [-0.25, -0.2) is 4.79 Å². The Balaban J connectivity index is 2.94. The molecule has 1 heterocycles. The van der Waals surface area contributed by atoms with E-state index in [0.717, 1.165) is 0 Å². The van der Waals surface area contributed by atoms with Crippen LogP contribution >= 0.6 is 0 Å². The maximum atomic E-state index is 11.2. The van der Waals surface area contributed by atoms with Crippen molar-refractivity contribution < 1.29 is 9.26 Å². The smallest absolute Gasteiger partial charge is 0.363 e. The number of fused-ring (bicyclic) bond motifs is 1. The molecular formula is C9H7NO4. The van der Waals surface area contributed by atoms with Crippen LogP contribution in [0.25, 0.3) is 10.8 Å². The van der Waals surface area contributed by atoms with E-state index in [2.05, 4.69) is 4.52 Å². The average molecular weight is 193 g/mol. The number of aromatic nitrogens is 1. The highest BCUT2D eigenvalue weighted by molar-refractivity contribution is 5.81. The first kappa shape index (κ1) is 8.55. The molecule has 0 bridgehead atoms. The third-order valence-corrected chi connectivity index (χ3v) is 1.93. The topological polar surface area (TPSA) is 72.3 Å². The van der Waals surface area contributed by atoms with Crippen LogP contribution in [0.5, 0.6) is 5.75 Å². The molecule has 5 nitrogen and oxygen atoms in total. The van der Waals surface area contributed by atoms with Gasteiger partial charge in [0.15, 0.2) is 0 Å². The molecular weight excluding hydrogens is 186 g/mol. The van der Waals surface area contributed by atoms with Crippen LogP contribution in [0.3, 0.4) is 0 Å². The van der Waals surface area contributed by atoms with Crippen LogP contribution < -0.4 is 15.9 Å². The second-order valence-electron chi connectivity index (χ2n) is 2.73. The molecule has 5 heteroatoms. The van der Waals surface area contributed by atoms with Crippen molar-refractivity contribution in [1.29, 1.82) is 0 Å². The molecule has 0 aliphatic rings. The Kier molecular flexibility index (Phi) is 1.85. The number of nitrogens with one attached hydrogen (secondary N) is 1. The van der Waals surface area contributed by atoms with Crippen molar-refractivity contribution in [3.63, 3.8) is 0 Å². The predicted octanol–water partition coefficient (Wildman–Crippen LogP) is 0.490. The molecule has 0 amide bonds. The van der Waals surface area contributed by atoms with Gasteiger partial charge in [-0.1, -0.05) is 0 Å². The predicted molar refractivity (Wildman–Crippen MR) is 49.7 cm³/mol. The maximum Gasteiger partial charge on any atom is 0.363 e. The summed E-state index contributed by atoms with van der Waals surface area (Å²) in [5.41, 5.74) is -1.01. The summed E-state index contributed by atoms with van der Waals surface area (Å²) in [5, 5.41) is 2.51. The molecule has 0 aliphatic carbocycles. The highest BCUT2D eigenvalue weighted by atomic mass is 16.5. The van der Waals surface area contributed by atoms with Gasteiger partial charge >= 0.3 is 5.63 Å². The second kappa shape index (κ2) is 3.02. The summed E-state index contributed by atoms with van der Waals surface area (Å²) in [6.07, 6.45) is 0. The summed E-state index contributed by atoms with van der Waals surface area (Å²) >= 11 is 0. The van der Waals surface area contributed by atoms with Crippen LogP contribution in [0, 0.1) is 0 Å². The quantitative estimate of drug-likeness (QED) is 0.715. The molecule has 0 saturated heterocycles. The first-order chi connectivity index (χ1) is 6.72. The van der Waals surface area contributed by atoms with Crippen LogP contribution in [0.4, 0.5) is 0 Å². The number of hydrogen-bond acceptors (Lipinski definition) is 4. The molecule has 1 N–H and O–H groups in total. The second-order valence-corrected chi connectivity index (χ2v) is 2.73. The number of aromatic amines is 1. The molecule has 1 aromatic carbocycles. The van der Waals surface area contributed by atoms with Gasteiger partial charge in [-0.15, -0.1) is 0 Å². The van der Waals surface area contributed by atoms with Gasteiger partial charge in [0.05, 0.1) is 17.9 Å². The van der Waals surface area contributed by atoms with Crippen LogP contribution in [-0.4, -0.2) is 12.3 Å². The summed E-state index contributed by atoms with van der Waals surface area (Å²) in [5.74, 6) is 0.510. The highest BCUT2D eigenvalue weighted by Crippen LogP contribution is 2.14. The lowest BCUT2D eigenvalue weighted by atomic mass is 10.2. The third kappa shape index (κ3) is 1.19. The SMILES string of the molecule is COc1ccc2c(=O)[nH]oc(=O)c2c1. The summed E-state index contributed by atoms with van der Waals surface area (Å²) in [6.45, 7) is 0. The monoisotopic (exact) mass is 193 g/mol. The molecule has 1 aromatic heterocycles. The lowest BCUT2D eigenvalue weighted by Gasteiger charge is -1.99. The third-order valence-electron chi connectivity index (χ3n) is 1.93. The van der Waals surface area contributed by atoms with E-state index in [1.807, 2.05) is 5.16 Å². The molecule has 2 rings (SSSR count). The van der Waals surface area contributed by atoms with Gasteiger partial charge in [0.25, 0.3) is 5.56 Å². The average Bonchev–Trinajstić information content (AvgIpc) is 2.23. The minimum Gasteiger partial charge on any atom is -0.497 e. The fourth-order valence-corrected chi connectivity index (χ4v) is 1.22. The minimum atomic E-state index is -0.585. The van der Waals surface area contributed by atoms with E-state index in [0.29, 0.717) is 11.1 Å². The Hall–Kier alpha value is -2.04. The summed E-state index contributed by atoms with van der Waals surface area (Å²) in [7, 11) is 1.48. The normalized spacial score (nSPS) is 10.4. The van der Waals surface area contributed by atoms with Crippen molar-refractivity contribution in [3.8, 4) is 5.75 Å². The zero-order valence-electron chi connectivity index (χ0n) is 7.37. The van der Waals surface area contributed by atoms with Gasteiger partial charge in [0.1, 0.15) is 5.75 Å². The lowest BCUT2D eigenvalue weighted by molar-refractivity contribution is 0.368. The van der Waals surface area contributed by atoms with Crippen LogP contribution in [0.15, 0.2) is 32.3 Å². The molecule has 0 spiro atoms. The van der Waals surface area contributed by atoms with E-state index in [4.69, 9.17) is 4.74 Å². The zero-order chi connectivity index (χ0) is 10.1. The first-order valence-electron chi connectivity index (χ1n) is 3.92. The van der Waals surface area contributed by atoms with E-state index in [9.17, 15) is 9.59 Å². The number of hydrogen-bond donors (Lipinski definition) is 1. The van der Waals surface area contributed by atoms with Crippen LogP contribution in [0.2, 0.25) is 0 Å². The zero-order valence-corrected chi connectivity index (χ0v) is 7.37. The van der Waals surface area contributed by atoms with E-state index >= 15 is 0 Å². The molecule has 14 heavy (non-hydrogen) atoms. The summed E-state index contributed by atoms with van der Waals surface area (Å²) in [6, 6.07) is 4.59. The van der Waals surface area contributed by atoms with Crippen molar-refractivity contribution in [1.82, 2.24) is 5.16 Å². The fraction of sp³-hybridized carbons (Fsp3) is 0.111. The van der Waals surface area contributed by atoms with Crippen molar-refractivity contribution in [3.05, 3.63) is 39.0 Å². The first-order valence-corrected chi connectivity index (χ1v) is 3.92. The van der Waals surface area contributed by atoms with Gasteiger partial charge in [-0.3, -0.25) is 4.79 Å². The fourth-order valence-electron chi connectivity index (χ4n) is 1.22. The van der Waals surface area contributed by atoms with Gasteiger partial charge in [0, 0.05) is 0 Å². The van der Waals surface area contributed by atoms with E-state index in [1.54, 1.807) is 6.07 Å². The number of benzene rings is 1. The van der Waals surface area contributed by atoms with Crippen molar-refractivity contribution in [2.24, 2.45) is 0 Å². The Bertz CT molecular complexity index is 581. The van der Waals surface area contributed by atoms with E-state index in [1.165, 1.54) is 19.2 Å². The Labute approximate surface area is 77.9 Å². The van der Waals surface area contributed by atoms with Crippen LogP contribution in [0.1, 0.15) is 0 Å². The van der Waals surface area contributed by atoms with Gasteiger partial charge in [0.2, 0.25) is 0 Å². The number of methoxy groups -OCH3 is 1. The summed E-state index contributed by atoms with van der Waals surface area (Å²) in [4.78, 5) is 22.4. The molecule has 0 unspecified atom stereocenters. The van der Waals surface area contributed by atoms with E-state index in [-0.39, 0.29) is 5.39 Å². The van der Waals surface area contributed by atoms with Gasteiger partial charge in [-0.05, 0) is 18.2 Å². The minimum absolute atomic E-state index is 0.216. The molecule has 0 fully saturated rings.